The number of nitrogens with zero attached hydrogens (tertiary/aromatic N) is 2. The Kier molecular flexibility index (Phi) is 6.40. The third-order valence-corrected chi connectivity index (χ3v) is 6.42. The lowest BCUT2D eigenvalue weighted by Gasteiger charge is -2.35. The summed E-state index contributed by atoms with van der Waals surface area (Å²) in [4.78, 5) is 30.1. The van der Waals surface area contributed by atoms with E-state index in [1.165, 1.54) is 29.8 Å². The molecule has 2 aliphatic rings. The van der Waals surface area contributed by atoms with Crippen molar-refractivity contribution < 1.29 is 14.0 Å². The van der Waals surface area contributed by atoms with Crippen LogP contribution in [0.15, 0.2) is 48.5 Å². The molecule has 4 rings (SSSR count). The number of carbonyl (C=O) groups excluding carboxylic acids is 2. The van der Waals surface area contributed by atoms with Gasteiger partial charge in [0.15, 0.2) is 0 Å². The normalized spacial score (nSPS) is 18.8. The molecular formula is C26H31FN2O2. The van der Waals surface area contributed by atoms with Gasteiger partial charge in [0.05, 0.1) is 5.92 Å². The summed E-state index contributed by atoms with van der Waals surface area (Å²) in [5, 5.41) is 0. The molecule has 1 aliphatic heterocycles. The van der Waals surface area contributed by atoms with Gasteiger partial charge in [-0.05, 0) is 67.0 Å². The Bertz CT molecular complexity index is 919. The van der Waals surface area contributed by atoms with Crippen LogP contribution >= 0.6 is 0 Å². The minimum absolute atomic E-state index is 0.125. The fourth-order valence-corrected chi connectivity index (χ4v) is 4.35. The van der Waals surface area contributed by atoms with Crippen LogP contribution < -0.4 is 0 Å². The van der Waals surface area contributed by atoms with E-state index in [4.69, 9.17) is 0 Å². The highest BCUT2D eigenvalue weighted by atomic mass is 19.1. The number of amides is 2. The number of hydrogen-bond donors (Lipinski definition) is 0. The summed E-state index contributed by atoms with van der Waals surface area (Å²) >= 11 is 0. The SMILES string of the molecule is CC(C)c1ccc(CN(C(=O)C2CCCN(C(=O)c3ccc(F)cc3)C2)C2CC2)cc1. The molecule has 1 atom stereocenters. The molecule has 31 heavy (non-hydrogen) atoms. The maximum atomic E-state index is 13.4. The fraction of sp³-hybridized carbons (Fsp3) is 0.462. The molecule has 0 aromatic heterocycles. The van der Waals surface area contributed by atoms with Crippen molar-refractivity contribution in [1.29, 1.82) is 0 Å². The monoisotopic (exact) mass is 422 g/mol. The molecule has 1 heterocycles. The molecule has 2 fully saturated rings. The standard InChI is InChI=1S/C26H31FN2O2/c1-18(2)20-7-5-19(6-8-20)16-29(24-13-14-24)26(31)22-4-3-15-28(17-22)25(30)21-9-11-23(27)12-10-21/h5-12,18,22,24H,3-4,13-17H2,1-2H3. The van der Waals surface area contributed by atoms with Gasteiger partial charge in [0, 0.05) is 31.2 Å². The van der Waals surface area contributed by atoms with Gasteiger partial charge >= 0.3 is 0 Å². The molecule has 0 spiro atoms. The molecular weight excluding hydrogens is 391 g/mol. The van der Waals surface area contributed by atoms with E-state index in [-0.39, 0.29) is 23.5 Å². The summed E-state index contributed by atoms with van der Waals surface area (Å²) in [5.74, 6) is -0.00712. The topological polar surface area (TPSA) is 40.6 Å². The first kappa shape index (κ1) is 21.5. The Morgan fingerprint density at radius 2 is 1.71 bits per heavy atom. The maximum absolute atomic E-state index is 13.4. The predicted octanol–water partition coefficient (Wildman–Crippen LogP) is 4.99. The number of rotatable bonds is 6. The Morgan fingerprint density at radius 1 is 1.03 bits per heavy atom. The minimum Gasteiger partial charge on any atom is -0.338 e. The van der Waals surface area contributed by atoms with Crippen LogP contribution in [0, 0.1) is 11.7 Å². The van der Waals surface area contributed by atoms with E-state index >= 15 is 0 Å². The van der Waals surface area contributed by atoms with Crippen molar-refractivity contribution in [3.63, 3.8) is 0 Å². The van der Waals surface area contributed by atoms with Crippen molar-refractivity contribution in [3.05, 3.63) is 71.0 Å². The molecule has 0 N–H and O–H groups in total. The molecule has 1 saturated heterocycles. The zero-order valence-electron chi connectivity index (χ0n) is 18.4. The lowest BCUT2D eigenvalue weighted by atomic mass is 9.95. The quantitative estimate of drug-likeness (QED) is 0.658. The molecule has 2 aromatic carbocycles. The lowest BCUT2D eigenvalue weighted by molar-refractivity contribution is -0.138. The van der Waals surface area contributed by atoms with Gasteiger partial charge < -0.3 is 9.80 Å². The second-order valence-corrected chi connectivity index (χ2v) is 9.19. The maximum Gasteiger partial charge on any atom is 0.253 e. The van der Waals surface area contributed by atoms with Crippen LogP contribution in [-0.2, 0) is 11.3 Å². The highest BCUT2D eigenvalue weighted by Gasteiger charge is 2.38. The third kappa shape index (κ3) is 5.15. The zero-order chi connectivity index (χ0) is 22.0. The second-order valence-electron chi connectivity index (χ2n) is 9.19. The smallest absolute Gasteiger partial charge is 0.253 e. The van der Waals surface area contributed by atoms with Crippen molar-refractivity contribution in [2.45, 2.75) is 58.0 Å². The van der Waals surface area contributed by atoms with Gasteiger partial charge in [-0.2, -0.15) is 0 Å². The number of piperidine rings is 1. The van der Waals surface area contributed by atoms with Crippen molar-refractivity contribution in [2.75, 3.05) is 13.1 Å². The average molecular weight is 423 g/mol. The molecule has 5 heteroatoms. The molecule has 1 aliphatic carbocycles. The first-order chi connectivity index (χ1) is 14.9. The minimum atomic E-state index is -0.357. The van der Waals surface area contributed by atoms with Crippen molar-refractivity contribution in [1.82, 2.24) is 9.80 Å². The van der Waals surface area contributed by atoms with Crippen LogP contribution in [0.1, 0.15) is 66.9 Å². The molecule has 0 bridgehead atoms. The highest BCUT2D eigenvalue weighted by Crippen LogP contribution is 2.32. The Morgan fingerprint density at radius 3 is 2.32 bits per heavy atom. The highest BCUT2D eigenvalue weighted by molar-refractivity contribution is 5.94. The summed E-state index contributed by atoms with van der Waals surface area (Å²) in [7, 11) is 0. The van der Waals surface area contributed by atoms with Gasteiger partial charge in [0.25, 0.3) is 5.91 Å². The van der Waals surface area contributed by atoms with Crippen molar-refractivity contribution in [2.24, 2.45) is 5.92 Å². The van der Waals surface area contributed by atoms with Gasteiger partial charge in [-0.15, -0.1) is 0 Å². The largest absolute Gasteiger partial charge is 0.338 e. The average Bonchev–Trinajstić information content (AvgIpc) is 3.63. The molecule has 1 unspecified atom stereocenters. The van der Waals surface area contributed by atoms with E-state index in [9.17, 15) is 14.0 Å². The van der Waals surface area contributed by atoms with Gasteiger partial charge in [0.2, 0.25) is 5.91 Å². The van der Waals surface area contributed by atoms with Crippen LogP contribution in [-0.4, -0.2) is 40.7 Å². The summed E-state index contributed by atoms with van der Waals surface area (Å²) in [6.45, 7) is 6.06. The molecule has 2 amide bonds. The van der Waals surface area contributed by atoms with Gasteiger partial charge in [-0.3, -0.25) is 9.59 Å². The summed E-state index contributed by atoms with van der Waals surface area (Å²) in [5.41, 5.74) is 2.92. The molecule has 0 radical (unpaired) electrons. The van der Waals surface area contributed by atoms with Gasteiger partial charge in [0.1, 0.15) is 5.82 Å². The summed E-state index contributed by atoms with van der Waals surface area (Å²) < 4.78 is 13.2. The van der Waals surface area contributed by atoms with E-state index in [1.807, 2.05) is 4.90 Å². The van der Waals surface area contributed by atoms with E-state index in [1.54, 1.807) is 4.90 Å². The molecule has 164 valence electrons. The van der Waals surface area contributed by atoms with Crippen LogP contribution in [0.3, 0.4) is 0 Å². The first-order valence-corrected chi connectivity index (χ1v) is 11.4. The molecule has 2 aromatic rings. The zero-order valence-corrected chi connectivity index (χ0v) is 18.4. The number of hydrogen-bond acceptors (Lipinski definition) is 2. The Labute approximate surface area is 184 Å². The van der Waals surface area contributed by atoms with E-state index in [0.717, 1.165) is 31.2 Å². The number of benzene rings is 2. The number of likely N-dealkylation sites (tertiary alicyclic amines) is 1. The second kappa shape index (κ2) is 9.21. The fourth-order valence-electron chi connectivity index (χ4n) is 4.35. The van der Waals surface area contributed by atoms with Crippen LogP contribution in [0.25, 0.3) is 0 Å². The van der Waals surface area contributed by atoms with Crippen molar-refractivity contribution in [3.8, 4) is 0 Å². The van der Waals surface area contributed by atoms with Crippen molar-refractivity contribution >= 4 is 11.8 Å². The van der Waals surface area contributed by atoms with Gasteiger partial charge in [-0.1, -0.05) is 38.1 Å². The summed E-state index contributed by atoms with van der Waals surface area (Å²) in [6.07, 6.45) is 3.73. The Hall–Kier alpha value is -2.69. The lowest BCUT2D eigenvalue weighted by Crippen LogP contribution is -2.47. The number of halogens is 1. The number of carbonyl (C=O) groups is 2. The van der Waals surface area contributed by atoms with E-state index in [2.05, 4.69) is 38.1 Å². The van der Waals surface area contributed by atoms with Crippen LogP contribution in [0.5, 0.6) is 0 Å². The first-order valence-electron chi connectivity index (χ1n) is 11.4. The van der Waals surface area contributed by atoms with Crippen LogP contribution in [0.2, 0.25) is 0 Å². The summed E-state index contributed by atoms with van der Waals surface area (Å²) in [6, 6.07) is 14.5. The van der Waals surface area contributed by atoms with Crippen LogP contribution in [0.4, 0.5) is 4.39 Å². The Balaban J connectivity index is 1.43. The molecule has 1 saturated carbocycles. The van der Waals surface area contributed by atoms with E-state index in [0.29, 0.717) is 37.2 Å². The van der Waals surface area contributed by atoms with Gasteiger partial charge in [-0.25, -0.2) is 4.39 Å². The van der Waals surface area contributed by atoms with E-state index < -0.39 is 0 Å². The predicted molar refractivity (Wildman–Crippen MR) is 119 cm³/mol. The third-order valence-electron chi connectivity index (χ3n) is 6.42. The molecule has 4 nitrogen and oxygen atoms in total.